The summed E-state index contributed by atoms with van der Waals surface area (Å²) in [6, 6.07) is 7.41. The Morgan fingerprint density at radius 2 is 2.12 bits per heavy atom. The molecule has 1 aromatic carbocycles. The van der Waals surface area contributed by atoms with E-state index in [2.05, 4.69) is 20.3 Å². The van der Waals surface area contributed by atoms with Crippen molar-refractivity contribution < 1.29 is 9.90 Å². The molecule has 0 bridgehead atoms. The molecule has 2 aromatic rings. The number of rotatable bonds is 2. The first-order valence-corrected chi connectivity index (χ1v) is 5.91. The van der Waals surface area contributed by atoms with Crippen molar-refractivity contribution in [2.45, 2.75) is 0 Å². The average molecular weight is 299 g/mol. The first-order chi connectivity index (χ1) is 7.61. The zero-order chi connectivity index (χ0) is 11.7. The summed E-state index contributed by atoms with van der Waals surface area (Å²) in [4.78, 5) is 10.9. The van der Waals surface area contributed by atoms with Crippen LogP contribution in [-0.2, 0) is 0 Å². The first-order valence-electron chi connectivity index (χ1n) is 4.34. The van der Waals surface area contributed by atoms with Gasteiger partial charge in [-0.15, -0.1) is 0 Å². The summed E-state index contributed by atoms with van der Waals surface area (Å²) in [6.07, 6.45) is 0. The molecular formula is C10H7BrN2O2S. The number of aromatic carboxylic acids is 1. The number of aromatic nitrogens is 1. The zero-order valence-corrected chi connectivity index (χ0v) is 10.4. The molecule has 0 radical (unpaired) electrons. The number of benzene rings is 1. The fourth-order valence-corrected chi connectivity index (χ4v) is 2.42. The third-order valence-electron chi connectivity index (χ3n) is 2.05. The number of nitrogen functional groups attached to an aromatic ring is 1. The highest BCUT2D eigenvalue weighted by Gasteiger charge is 2.18. The van der Waals surface area contributed by atoms with Crippen molar-refractivity contribution in [1.29, 1.82) is 0 Å². The predicted molar refractivity (Wildman–Crippen MR) is 66.6 cm³/mol. The van der Waals surface area contributed by atoms with Gasteiger partial charge in [-0.05, 0) is 17.6 Å². The lowest BCUT2D eigenvalue weighted by molar-refractivity contribution is 0.0703. The van der Waals surface area contributed by atoms with Gasteiger partial charge in [-0.1, -0.05) is 34.1 Å². The lowest BCUT2D eigenvalue weighted by Gasteiger charge is -2.01. The summed E-state index contributed by atoms with van der Waals surface area (Å²) in [6.45, 7) is 0. The maximum absolute atomic E-state index is 10.8. The lowest BCUT2D eigenvalue weighted by atomic mass is 10.1. The summed E-state index contributed by atoms with van der Waals surface area (Å²) < 4.78 is 4.91. The van der Waals surface area contributed by atoms with E-state index in [9.17, 15) is 4.79 Å². The van der Waals surface area contributed by atoms with Crippen molar-refractivity contribution >= 4 is 39.1 Å². The molecule has 0 aliphatic heterocycles. The van der Waals surface area contributed by atoms with E-state index in [1.165, 1.54) is 0 Å². The number of halogens is 1. The maximum atomic E-state index is 10.8. The Hall–Kier alpha value is -1.40. The van der Waals surface area contributed by atoms with Crippen LogP contribution < -0.4 is 5.73 Å². The fourth-order valence-electron chi connectivity index (χ4n) is 1.30. The van der Waals surface area contributed by atoms with E-state index in [0.717, 1.165) is 21.6 Å². The minimum atomic E-state index is -1.05. The van der Waals surface area contributed by atoms with Crippen LogP contribution in [0.3, 0.4) is 0 Å². The van der Waals surface area contributed by atoms with E-state index in [-0.39, 0.29) is 10.6 Å². The highest BCUT2D eigenvalue weighted by Crippen LogP contribution is 2.34. The summed E-state index contributed by atoms with van der Waals surface area (Å²) in [7, 11) is 0. The van der Waals surface area contributed by atoms with E-state index in [1.807, 2.05) is 24.3 Å². The van der Waals surface area contributed by atoms with Gasteiger partial charge >= 0.3 is 5.97 Å². The summed E-state index contributed by atoms with van der Waals surface area (Å²) >= 11 is 4.27. The zero-order valence-electron chi connectivity index (χ0n) is 7.98. The first kappa shape index (κ1) is 11.1. The van der Waals surface area contributed by atoms with Gasteiger partial charge in [-0.3, -0.25) is 0 Å². The van der Waals surface area contributed by atoms with E-state index < -0.39 is 5.97 Å². The van der Waals surface area contributed by atoms with Gasteiger partial charge < -0.3 is 10.8 Å². The molecule has 0 amide bonds. The SMILES string of the molecule is Nc1c(-c2ccccc2Br)nsc1C(=O)O. The maximum Gasteiger partial charge on any atom is 0.349 e. The van der Waals surface area contributed by atoms with Crippen LogP contribution in [0.15, 0.2) is 28.7 Å². The van der Waals surface area contributed by atoms with Gasteiger partial charge in [-0.2, -0.15) is 4.37 Å². The highest BCUT2D eigenvalue weighted by molar-refractivity contribution is 9.10. The van der Waals surface area contributed by atoms with E-state index >= 15 is 0 Å². The molecule has 0 aliphatic rings. The Labute approximate surface area is 104 Å². The molecule has 0 saturated heterocycles. The van der Waals surface area contributed by atoms with Crippen LogP contribution in [0.1, 0.15) is 9.67 Å². The predicted octanol–water partition coefficient (Wildman–Crippen LogP) is 2.85. The van der Waals surface area contributed by atoms with Gasteiger partial charge in [-0.25, -0.2) is 4.79 Å². The monoisotopic (exact) mass is 298 g/mol. The van der Waals surface area contributed by atoms with Gasteiger partial charge in [0.25, 0.3) is 0 Å². The van der Waals surface area contributed by atoms with Crippen LogP contribution in [0.2, 0.25) is 0 Å². The third kappa shape index (κ3) is 1.81. The Morgan fingerprint density at radius 3 is 2.69 bits per heavy atom. The van der Waals surface area contributed by atoms with Crippen LogP contribution in [-0.4, -0.2) is 15.4 Å². The molecule has 1 aromatic heterocycles. The van der Waals surface area contributed by atoms with E-state index in [1.54, 1.807) is 0 Å². The minimum absolute atomic E-state index is 0.0748. The number of carbonyl (C=O) groups is 1. The molecule has 0 atom stereocenters. The van der Waals surface area contributed by atoms with Gasteiger partial charge in [0.05, 0.1) is 5.69 Å². The van der Waals surface area contributed by atoms with Crippen molar-refractivity contribution in [1.82, 2.24) is 4.37 Å². The normalized spacial score (nSPS) is 10.3. The molecule has 16 heavy (non-hydrogen) atoms. The standard InChI is InChI=1S/C10H7BrN2O2S/c11-6-4-2-1-3-5(6)8-7(12)9(10(14)15)16-13-8/h1-4H,12H2,(H,14,15). The molecule has 0 aliphatic carbocycles. The molecular weight excluding hydrogens is 292 g/mol. The largest absolute Gasteiger partial charge is 0.477 e. The molecule has 6 heteroatoms. The van der Waals surface area contributed by atoms with Crippen LogP contribution in [0.5, 0.6) is 0 Å². The summed E-state index contributed by atoms with van der Waals surface area (Å²) in [5, 5.41) is 8.87. The van der Waals surface area contributed by atoms with E-state index in [0.29, 0.717) is 5.69 Å². The van der Waals surface area contributed by atoms with Crippen LogP contribution in [0, 0.1) is 0 Å². The quantitative estimate of drug-likeness (QED) is 0.894. The number of carboxylic acids is 1. The van der Waals surface area contributed by atoms with Crippen molar-refractivity contribution in [2.75, 3.05) is 5.73 Å². The average Bonchev–Trinajstić information content (AvgIpc) is 2.61. The van der Waals surface area contributed by atoms with Crippen LogP contribution in [0.25, 0.3) is 11.3 Å². The highest BCUT2D eigenvalue weighted by atomic mass is 79.9. The lowest BCUT2D eigenvalue weighted by Crippen LogP contribution is -1.98. The fraction of sp³-hybridized carbons (Fsp3) is 0. The molecule has 0 spiro atoms. The van der Waals surface area contributed by atoms with Gasteiger partial charge in [0.2, 0.25) is 0 Å². The number of hydrogen-bond acceptors (Lipinski definition) is 4. The van der Waals surface area contributed by atoms with Gasteiger partial charge in [0.1, 0.15) is 5.69 Å². The minimum Gasteiger partial charge on any atom is -0.477 e. The Kier molecular flexibility index (Phi) is 2.93. The second-order valence-electron chi connectivity index (χ2n) is 3.06. The van der Waals surface area contributed by atoms with Crippen molar-refractivity contribution in [3.05, 3.63) is 33.6 Å². The molecule has 82 valence electrons. The molecule has 0 saturated carbocycles. The van der Waals surface area contributed by atoms with Crippen molar-refractivity contribution in [2.24, 2.45) is 0 Å². The van der Waals surface area contributed by atoms with Crippen molar-refractivity contribution in [3.63, 3.8) is 0 Å². The summed E-state index contributed by atoms with van der Waals surface area (Å²) in [5.41, 5.74) is 7.27. The Balaban J connectivity index is 2.58. The molecule has 3 N–H and O–H groups in total. The Bertz CT molecular complexity index is 554. The number of nitrogens with two attached hydrogens (primary N) is 1. The molecule has 4 nitrogen and oxygen atoms in total. The number of hydrogen-bond donors (Lipinski definition) is 2. The summed E-state index contributed by atoms with van der Waals surface area (Å²) in [5.74, 6) is -1.05. The topological polar surface area (TPSA) is 76.2 Å². The number of nitrogens with zero attached hydrogens (tertiary/aromatic N) is 1. The second kappa shape index (κ2) is 4.23. The molecule has 2 rings (SSSR count). The van der Waals surface area contributed by atoms with Crippen LogP contribution in [0.4, 0.5) is 5.69 Å². The number of anilines is 1. The molecule has 1 heterocycles. The Morgan fingerprint density at radius 1 is 1.44 bits per heavy atom. The molecule has 0 fully saturated rings. The van der Waals surface area contributed by atoms with Crippen LogP contribution >= 0.6 is 27.5 Å². The molecule has 0 unspecified atom stereocenters. The second-order valence-corrected chi connectivity index (χ2v) is 4.69. The smallest absolute Gasteiger partial charge is 0.349 e. The van der Waals surface area contributed by atoms with Gasteiger partial charge in [0, 0.05) is 10.0 Å². The van der Waals surface area contributed by atoms with E-state index in [4.69, 9.17) is 10.8 Å². The third-order valence-corrected chi connectivity index (χ3v) is 3.59. The van der Waals surface area contributed by atoms with Crippen molar-refractivity contribution in [3.8, 4) is 11.3 Å². The number of carboxylic acid groups (broad SMARTS) is 1. The van der Waals surface area contributed by atoms with Gasteiger partial charge in [0.15, 0.2) is 4.88 Å².